The average molecular weight is 376 g/mol. The molecule has 1 unspecified atom stereocenters. The van der Waals surface area contributed by atoms with Gasteiger partial charge in [-0.25, -0.2) is 4.52 Å². The third-order valence-electron chi connectivity index (χ3n) is 4.24. The Hall–Kier alpha value is -3.30. The number of fused-ring (bicyclic) bond motifs is 2. The van der Waals surface area contributed by atoms with Crippen LogP contribution >= 0.6 is 0 Å². The first kappa shape index (κ1) is 17.1. The molecule has 0 aliphatic carbocycles. The number of anilines is 1. The first-order valence-electron chi connectivity index (χ1n) is 8.07. The Morgan fingerprint density at radius 1 is 1.26 bits per heavy atom. The van der Waals surface area contributed by atoms with Crippen LogP contribution in [0, 0.1) is 0 Å². The molecule has 0 spiro atoms. The Kier molecular flexibility index (Phi) is 3.90. The van der Waals surface area contributed by atoms with E-state index < -0.39 is 12.2 Å². The van der Waals surface area contributed by atoms with Crippen LogP contribution in [0.3, 0.4) is 0 Å². The van der Waals surface area contributed by atoms with Gasteiger partial charge >= 0.3 is 6.18 Å². The van der Waals surface area contributed by atoms with E-state index in [9.17, 15) is 13.2 Å². The SMILES string of the molecule is COc1nc(NC(C)C(F)(F)F)nc2[nH]cc(-c3ccn4nccc4c3)c12. The van der Waals surface area contributed by atoms with Crippen molar-refractivity contribution < 1.29 is 17.9 Å². The third-order valence-corrected chi connectivity index (χ3v) is 4.24. The molecule has 2 N–H and O–H groups in total. The molecule has 4 heterocycles. The lowest BCUT2D eigenvalue weighted by atomic mass is 10.1. The van der Waals surface area contributed by atoms with Gasteiger partial charge in [0.1, 0.15) is 11.7 Å². The number of alkyl halides is 3. The predicted octanol–water partition coefficient (Wildman–Crippen LogP) is 3.64. The number of hydrogen-bond acceptors (Lipinski definition) is 5. The number of methoxy groups -OCH3 is 1. The fourth-order valence-electron chi connectivity index (χ4n) is 2.80. The zero-order valence-electron chi connectivity index (χ0n) is 14.4. The minimum absolute atomic E-state index is 0.163. The largest absolute Gasteiger partial charge is 0.480 e. The van der Waals surface area contributed by atoms with Gasteiger partial charge in [0.05, 0.1) is 18.0 Å². The summed E-state index contributed by atoms with van der Waals surface area (Å²) in [6.07, 6.45) is 0.823. The molecule has 0 aliphatic rings. The fourth-order valence-corrected chi connectivity index (χ4v) is 2.80. The summed E-state index contributed by atoms with van der Waals surface area (Å²) in [5.74, 6) is 0.0188. The second kappa shape index (κ2) is 6.15. The molecule has 10 heteroatoms. The van der Waals surface area contributed by atoms with E-state index in [0.29, 0.717) is 11.0 Å². The number of H-pyrrole nitrogens is 1. The number of nitrogens with one attached hydrogen (secondary N) is 2. The zero-order chi connectivity index (χ0) is 19.2. The summed E-state index contributed by atoms with van der Waals surface area (Å²) >= 11 is 0. The van der Waals surface area contributed by atoms with Crippen molar-refractivity contribution in [2.45, 2.75) is 19.1 Å². The van der Waals surface area contributed by atoms with Crippen LogP contribution in [0.15, 0.2) is 36.8 Å². The monoisotopic (exact) mass is 376 g/mol. The van der Waals surface area contributed by atoms with Gasteiger partial charge in [0.25, 0.3) is 0 Å². The highest BCUT2D eigenvalue weighted by atomic mass is 19.4. The molecule has 4 rings (SSSR count). The van der Waals surface area contributed by atoms with Gasteiger partial charge in [0.2, 0.25) is 11.8 Å². The Balaban J connectivity index is 1.80. The minimum Gasteiger partial charge on any atom is -0.480 e. The van der Waals surface area contributed by atoms with Gasteiger partial charge in [0.15, 0.2) is 0 Å². The highest BCUT2D eigenvalue weighted by Gasteiger charge is 2.36. The molecule has 0 radical (unpaired) electrons. The average Bonchev–Trinajstić information content (AvgIpc) is 3.26. The third kappa shape index (κ3) is 3.03. The van der Waals surface area contributed by atoms with E-state index in [1.54, 1.807) is 16.9 Å². The standard InChI is InChI=1S/C17H15F3N6O/c1-9(17(18,19)20)23-16-24-14-13(15(25-16)27-2)12(8-21-14)10-4-6-26-11(7-10)3-5-22-26/h3-9H,1-2H3,(H2,21,23,24,25). The summed E-state index contributed by atoms with van der Waals surface area (Å²) in [7, 11) is 1.41. The lowest BCUT2D eigenvalue weighted by Gasteiger charge is -2.17. The van der Waals surface area contributed by atoms with Gasteiger partial charge < -0.3 is 15.0 Å². The highest BCUT2D eigenvalue weighted by Crippen LogP contribution is 2.35. The highest BCUT2D eigenvalue weighted by molar-refractivity contribution is 5.98. The number of rotatable bonds is 4. The van der Waals surface area contributed by atoms with Crippen LogP contribution in [-0.4, -0.2) is 43.9 Å². The minimum atomic E-state index is -4.41. The van der Waals surface area contributed by atoms with Gasteiger partial charge in [-0.15, -0.1) is 0 Å². The number of aromatic amines is 1. The fraction of sp³-hybridized carbons (Fsp3) is 0.235. The van der Waals surface area contributed by atoms with Gasteiger partial charge in [-0.1, -0.05) is 0 Å². The number of pyridine rings is 1. The van der Waals surface area contributed by atoms with Crippen LogP contribution in [0.2, 0.25) is 0 Å². The van der Waals surface area contributed by atoms with E-state index in [4.69, 9.17) is 4.74 Å². The molecule has 0 saturated carbocycles. The maximum Gasteiger partial charge on any atom is 0.408 e. The number of ether oxygens (including phenoxy) is 1. The second-order valence-electron chi connectivity index (χ2n) is 6.01. The number of hydrogen-bond donors (Lipinski definition) is 2. The molecule has 0 fully saturated rings. The van der Waals surface area contributed by atoms with Crippen molar-refractivity contribution in [3.8, 4) is 17.0 Å². The number of nitrogens with zero attached hydrogens (tertiary/aromatic N) is 4. The smallest absolute Gasteiger partial charge is 0.408 e. The van der Waals surface area contributed by atoms with Gasteiger partial charge in [-0.05, 0) is 30.7 Å². The molecule has 1 atom stereocenters. The summed E-state index contributed by atoms with van der Waals surface area (Å²) in [6.45, 7) is 1.00. The van der Waals surface area contributed by atoms with E-state index in [1.165, 1.54) is 7.11 Å². The van der Waals surface area contributed by atoms with Crippen LogP contribution in [-0.2, 0) is 0 Å². The molecule has 0 aromatic carbocycles. The normalized spacial score (nSPS) is 13.2. The molecule has 140 valence electrons. The first-order chi connectivity index (χ1) is 12.9. The molecule has 0 saturated heterocycles. The molecule has 0 amide bonds. The van der Waals surface area contributed by atoms with Gasteiger partial charge in [-0.3, -0.25) is 0 Å². The van der Waals surface area contributed by atoms with E-state index >= 15 is 0 Å². The topological polar surface area (TPSA) is 80.1 Å². The van der Waals surface area contributed by atoms with Crippen LogP contribution in [0.25, 0.3) is 27.7 Å². The van der Waals surface area contributed by atoms with Crippen LogP contribution in [0.4, 0.5) is 19.1 Å². The number of halogens is 3. The molecule has 27 heavy (non-hydrogen) atoms. The van der Waals surface area contributed by atoms with Crippen LogP contribution < -0.4 is 10.1 Å². The van der Waals surface area contributed by atoms with E-state index in [2.05, 4.69) is 25.4 Å². The van der Waals surface area contributed by atoms with Crippen molar-refractivity contribution in [2.75, 3.05) is 12.4 Å². The Morgan fingerprint density at radius 3 is 2.81 bits per heavy atom. The van der Waals surface area contributed by atoms with Crippen molar-refractivity contribution in [1.29, 1.82) is 0 Å². The van der Waals surface area contributed by atoms with Crippen molar-refractivity contribution in [3.05, 3.63) is 36.8 Å². The molecule has 0 bridgehead atoms. The Labute approximate surface area is 151 Å². The maximum absolute atomic E-state index is 12.8. The van der Waals surface area contributed by atoms with Crippen LogP contribution in [0.5, 0.6) is 5.88 Å². The van der Waals surface area contributed by atoms with Crippen molar-refractivity contribution in [1.82, 2.24) is 24.6 Å². The molecule has 7 nitrogen and oxygen atoms in total. The molecule has 0 aliphatic heterocycles. The second-order valence-corrected chi connectivity index (χ2v) is 6.01. The summed E-state index contributed by atoms with van der Waals surface area (Å²) in [6, 6.07) is 3.89. The Morgan fingerprint density at radius 2 is 2.07 bits per heavy atom. The first-order valence-corrected chi connectivity index (χ1v) is 8.07. The van der Waals surface area contributed by atoms with E-state index in [-0.39, 0.29) is 11.8 Å². The van der Waals surface area contributed by atoms with Crippen molar-refractivity contribution in [3.63, 3.8) is 0 Å². The quantitative estimate of drug-likeness (QED) is 0.568. The summed E-state index contributed by atoms with van der Waals surface area (Å²) in [5, 5.41) is 7.00. The van der Waals surface area contributed by atoms with Crippen molar-refractivity contribution in [2.24, 2.45) is 0 Å². The van der Waals surface area contributed by atoms with Crippen molar-refractivity contribution >= 4 is 22.5 Å². The molecular weight excluding hydrogens is 361 g/mol. The maximum atomic E-state index is 12.8. The summed E-state index contributed by atoms with van der Waals surface area (Å²) in [5.41, 5.74) is 2.93. The lowest BCUT2D eigenvalue weighted by Crippen LogP contribution is -2.33. The molecular formula is C17H15F3N6O. The molecule has 4 aromatic heterocycles. The summed E-state index contributed by atoms with van der Waals surface area (Å²) < 4.78 is 45.4. The predicted molar refractivity (Wildman–Crippen MR) is 93.8 cm³/mol. The van der Waals surface area contributed by atoms with Crippen LogP contribution in [0.1, 0.15) is 6.92 Å². The number of aromatic nitrogens is 5. The Bertz CT molecular complexity index is 1120. The summed E-state index contributed by atoms with van der Waals surface area (Å²) in [4.78, 5) is 11.2. The van der Waals surface area contributed by atoms with E-state index in [0.717, 1.165) is 23.6 Å². The van der Waals surface area contributed by atoms with Gasteiger partial charge in [0, 0.05) is 24.2 Å². The zero-order valence-corrected chi connectivity index (χ0v) is 14.4. The lowest BCUT2D eigenvalue weighted by molar-refractivity contribution is -0.138. The van der Waals surface area contributed by atoms with E-state index in [1.807, 2.05) is 24.4 Å². The molecule has 4 aromatic rings. The van der Waals surface area contributed by atoms with Gasteiger partial charge in [-0.2, -0.15) is 28.2 Å².